The molecule has 2 atom stereocenters. The van der Waals surface area contributed by atoms with Crippen molar-refractivity contribution in [3.05, 3.63) is 41.9 Å². The quantitative estimate of drug-likeness (QED) is 0.783. The maximum atomic E-state index is 12.3. The SMILES string of the molecule is Cc1ccc(-c2ocnc2C(=O)NCC2CNCC2O)cc1. The first-order chi connectivity index (χ1) is 10.6. The predicted octanol–water partition coefficient (Wildman–Crippen LogP) is 0.960. The van der Waals surface area contributed by atoms with Crippen LogP contribution >= 0.6 is 0 Å². The number of hydrogen-bond donors (Lipinski definition) is 3. The minimum Gasteiger partial charge on any atom is -0.443 e. The Morgan fingerprint density at radius 2 is 2.18 bits per heavy atom. The van der Waals surface area contributed by atoms with Crippen molar-refractivity contribution in [2.45, 2.75) is 13.0 Å². The third-order valence-corrected chi connectivity index (χ3v) is 3.93. The zero-order valence-electron chi connectivity index (χ0n) is 12.4. The Morgan fingerprint density at radius 1 is 1.41 bits per heavy atom. The number of hydrogen-bond acceptors (Lipinski definition) is 5. The smallest absolute Gasteiger partial charge is 0.273 e. The Labute approximate surface area is 128 Å². The Morgan fingerprint density at radius 3 is 2.86 bits per heavy atom. The highest BCUT2D eigenvalue weighted by Crippen LogP contribution is 2.23. The van der Waals surface area contributed by atoms with Crippen LogP contribution in [-0.4, -0.2) is 41.7 Å². The highest BCUT2D eigenvalue weighted by Gasteiger charge is 2.26. The predicted molar refractivity (Wildman–Crippen MR) is 81.4 cm³/mol. The van der Waals surface area contributed by atoms with E-state index < -0.39 is 6.10 Å². The van der Waals surface area contributed by atoms with Gasteiger partial charge in [0.05, 0.1) is 6.10 Å². The molecule has 0 spiro atoms. The van der Waals surface area contributed by atoms with Crippen molar-refractivity contribution >= 4 is 5.91 Å². The zero-order chi connectivity index (χ0) is 15.5. The first kappa shape index (κ1) is 14.7. The fourth-order valence-electron chi connectivity index (χ4n) is 2.55. The molecular weight excluding hydrogens is 282 g/mol. The van der Waals surface area contributed by atoms with E-state index in [0.29, 0.717) is 25.4 Å². The van der Waals surface area contributed by atoms with Crippen LogP contribution in [0.3, 0.4) is 0 Å². The van der Waals surface area contributed by atoms with Crippen LogP contribution in [0.1, 0.15) is 16.1 Å². The van der Waals surface area contributed by atoms with Gasteiger partial charge in [0.15, 0.2) is 17.8 Å². The summed E-state index contributed by atoms with van der Waals surface area (Å²) in [5, 5.41) is 15.6. The second kappa shape index (κ2) is 6.29. The molecule has 3 N–H and O–H groups in total. The highest BCUT2D eigenvalue weighted by atomic mass is 16.3. The lowest BCUT2D eigenvalue weighted by Gasteiger charge is -2.13. The number of aryl methyl sites for hydroxylation is 1. The van der Waals surface area contributed by atoms with E-state index in [2.05, 4.69) is 15.6 Å². The van der Waals surface area contributed by atoms with Gasteiger partial charge in [-0.3, -0.25) is 4.79 Å². The molecule has 1 fully saturated rings. The number of aliphatic hydroxyl groups excluding tert-OH is 1. The average molecular weight is 301 g/mol. The zero-order valence-corrected chi connectivity index (χ0v) is 12.4. The standard InChI is InChI=1S/C16H19N3O3/c1-10-2-4-11(5-3-10)15-14(19-9-22-15)16(21)18-7-12-6-17-8-13(12)20/h2-5,9,12-13,17,20H,6-8H2,1H3,(H,18,21). The second-order valence-electron chi connectivity index (χ2n) is 5.59. The minimum atomic E-state index is -0.422. The van der Waals surface area contributed by atoms with Crippen LogP contribution in [-0.2, 0) is 0 Å². The molecule has 0 saturated carbocycles. The third kappa shape index (κ3) is 3.03. The van der Waals surface area contributed by atoms with Gasteiger partial charge in [0.25, 0.3) is 5.91 Å². The summed E-state index contributed by atoms with van der Waals surface area (Å²) in [6.45, 7) is 3.68. The van der Waals surface area contributed by atoms with Crippen molar-refractivity contribution in [3.63, 3.8) is 0 Å². The summed E-state index contributed by atoms with van der Waals surface area (Å²) in [5.74, 6) is 0.199. The van der Waals surface area contributed by atoms with E-state index in [1.165, 1.54) is 6.39 Å². The molecule has 1 aliphatic rings. The van der Waals surface area contributed by atoms with Crippen molar-refractivity contribution in [1.82, 2.24) is 15.6 Å². The number of nitrogens with one attached hydrogen (secondary N) is 2. The van der Waals surface area contributed by atoms with E-state index >= 15 is 0 Å². The number of carbonyl (C=O) groups excluding carboxylic acids is 1. The van der Waals surface area contributed by atoms with Gasteiger partial charge in [-0.2, -0.15) is 0 Å². The summed E-state index contributed by atoms with van der Waals surface area (Å²) in [5.41, 5.74) is 2.22. The molecular formula is C16H19N3O3. The van der Waals surface area contributed by atoms with Crippen LogP contribution in [0, 0.1) is 12.8 Å². The van der Waals surface area contributed by atoms with Gasteiger partial charge >= 0.3 is 0 Å². The van der Waals surface area contributed by atoms with Crippen LogP contribution < -0.4 is 10.6 Å². The second-order valence-corrected chi connectivity index (χ2v) is 5.59. The lowest BCUT2D eigenvalue weighted by Crippen LogP contribution is -2.34. The molecule has 2 aromatic rings. The average Bonchev–Trinajstić information content (AvgIpc) is 3.15. The summed E-state index contributed by atoms with van der Waals surface area (Å²) in [6.07, 6.45) is 0.852. The topological polar surface area (TPSA) is 87.4 Å². The van der Waals surface area contributed by atoms with Crippen molar-refractivity contribution in [3.8, 4) is 11.3 Å². The van der Waals surface area contributed by atoms with Gasteiger partial charge < -0.3 is 20.2 Å². The molecule has 6 nitrogen and oxygen atoms in total. The first-order valence-electron chi connectivity index (χ1n) is 7.32. The van der Waals surface area contributed by atoms with Gasteiger partial charge in [-0.1, -0.05) is 29.8 Å². The van der Waals surface area contributed by atoms with E-state index in [4.69, 9.17) is 4.42 Å². The molecule has 3 rings (SSSR count). The third-order valence-electron chi connectivity index (χ3n) is 3.93. The molecule has 0 aliphatic carbocycles. The summed E-state index contributed by atoms with van der Waals surface area (Å²) in [6, 6.07) is 7.72. The van der Waals surface area contributed by atoms with Crippen molar-refractivity contribution in [1.29, 1.82) is 0 Å². The van der Waals surface area contributed by atoms with Crippen LogP contribution in [0.2, 0.25) is 0 Å². The van der Waals surface area contributed by atoms with Crippen molar-refractivity contribution in [2.75, 3.05) is 19.6 Å². The number of rotatable bonds is 4. The molecule has 6 heteroatoms. The van der Waals surface area contributed by atoms with Crippen LogP contribution in [0.15, 0.2) is 35.1 Å². The molecule has 22 heavy (non-hydrogen) atoms. The van der Waals surface area contributed by atoms with E-state index in [-0.39, 0.29) is 17.5 Å². The largest absolute Gasteiger partial charge is 0.443 e. The van der Waals surface area contributed by atoms with E-state index in [0.717, 1.165) is 11.1 Å². The monoisotopic (exact) mass is 301 g/mol. The maximum Gasteiger partial charge on any atom is 0.273 e. The van der Waals surface area contributed by atoms with E-state index in [1.54, 1.807) is 0 Å². The number of amides is 1. The van der Waals surface area contributed by atoms with Gasteiger partial charge in [0.1, 0.15) is 0 Å². The molecule has 1 aromatic heterocycles. The van der Waals surface area contributed by atoms with E-state index in [9.17, 15) is 9.90 Å². The molecule has 1 saturated heterocycles. The molecule has 0 radical (unpaired) electrons. The number of carbonyl (C=O) groups is 1. The fourth-order valence-corrected chi connectivity index (χ4v) is 2.55. The maximum absolute atomic E-state index is 12.3. The first-order valence-corrected chi connectivity index (χ1v) is 7.32. The Kier molecular flexibility index (Phi) is 4.22. The molecule has 2 heterocycles. The molecule has 1 aliphatic heterocycles. The van der Waals surface area contributed by atoms with Crippen LogP contribution in [0.5, 0.6) is 0 Å². The Hall–Kier alpha value is -2.18. The lowest BCUT2D eigenvalue weighted by atomic mass is 10.1. The molecule has 0 bridgehead atoms. The van der Waals surface area contributed by atoms with Crippen molar-refractivity contribution < 1.29 is 14.3 Å². The van der Waals surface area contributed by atoms with Crippen LogP contribution in [0.4, 0.5) is 0 Å². The van der Waals surface area contributed by atoms with Gasteiger partial charge in [0.2, 0.25) is 0 Å². The van der Waals surface area contributed by atoms with Gasteiger partial charge in [-0.05, 0) is 6.92 Å². The molecule has 1 amide bonds. The lowest BCUT2D eigenvalue weighted by molar-refractivity contribution is 0.0923. The molecule has 116 valence electrons. The Bertz CT molecular complexity index is 651. The molecule has 2 unspecified atom stereocenters. The minimum absolute atomic E-state index is 0.0266. The fraction of sp³-hybridized carbons (Fsp3) is 0.375. The van der Waals surface area contributed by atoms with Gasteiger partial charge in [-0.15, -0.1) is 0 Å². The number of aromatic nitrogens is 1. The van der Waals surface area contributed by atoms with Crippen molar-refractivity contribution in [2.24, 2.45) is 5.92 Å². The number of oxazole rings is 1. The number of β-amino-alcohol motifs (C(OH)–C–C–N with tert-alkyl or cyclic N) is 1. The highest BCUT2D eigenvalue weighted by molar-refractivity contribution is 5.97. The van der Waals surface area contributed by atoms with Gasteiger partial charge in [0, 0.05) is 31.1 Å². The van der Waals surface area contributed by atoms with Gasteiger partial charge in [-0.25, -0.2) is 4.98 Å². The summed E-state index contributed by atoms with van der Waals surface area (Å²) in [7, 11) is 0. The summed E-state index contributed by atoms with van der Waals surface area (Å²) >= 11 is 0. The number of nitrogens with zero attached hydrogens (tertiary/aromatic N) is 1. The summed E-state index contributed by atoms with van der Waals surface area (Å²) in [4.78, 5) is 16.3. The number of aliphatic hydroxyl groups is 1. The summed E-state index contributed by atoms with van der Waals surface area (Å²) < 4.78 is 5.37. The molecule has 1 aromatic carbocycles. The van der Waals surface area contributed by atoms with Crippen LogP contribution in [0.25, 0.3) is 11.3 Å². The van der Waals surface area contributed by atoms with E-state index in [1.807, 2.05) is 31.2 Å². The number of benzene rings is 1. The normalized spacial score (nSPS) is 21.0. The Balaban J connectivity index is 1.71.